The Labute approximate surface area is 114 Å². The van der Waals surface area contributed by atoms with Gasteiger partial charge in [-0.2, -0.15) is 5.10 Å². The van der Waals surface area contributed by atoms with Crippen LogP contribution in [0.25, 0.3) is 0 Å². The van der Waals surface area contributed by atoms with Crippen molar-refractivity contribution in [3.8, 4) is 5.75 Å². The van der Waals surface area contributed by atoms with E-state index in [-0.39, 0.29) is 10.8 Å². The second kappa shape index (κ2) is 6.74. The number of halogens is 2. The number of nitrogens with zero attached hydrogens (tertiary/aromatic N) is 2. The maximum atomic E-state index is 9.62. The molecule has 0 saturated heterocycles. The zero-order valence-electron chi connectivity index (χ0n) is 9.02. The maximum absolute atomic E-state index is 9.62. The number of benzene rings is 1. The fraction of sp³-hybridized carbons (Fsp3) is 0.200. The van der Waals surface area contributed by atoms with Crippen LogP contribution in [-0.2, 0) is 0 Å². The number of rotatable bonds is 3. The van der Waals surface area contributed by atoms with Gasteiger partial charge in [0, 0.05) is 10.6 Å². The van der Waals surface area contributed by atoms with E-state index in [4.69, 9.17) is 28.9 Å². The molecule has 0 bridgehead atoms. The quantitative estimate of drug-likeness (QED) is 0.511. The van der Waals surface area contributed by atoms with Gasteiger partial charge in [-0.15, -0.1) is 5.10 Å². The Morgan fingerprint density at radius 2 is 2.24 bits per heavy atom. The molecule has 92 valence electrons. The van der Waals surface area contributed by atoms with E-state index < -0.39 is 0 Å². The Morgan fingerprint density at radius 1 is 1.53 bits per heavy atom. The van der Waals surface area contributed by atoms with Gasteiger partial charge in [-0.25, -0.2) is 0 Å². The van der Waals surface area contributed by atoms with Crippen molar-refractivity contribution >= 4 is 46.3 Å². The third-order valence-corrected chi connectivity index (χ3v) is 2.88. The molecule has 0 aliphatic heterocycles. The Bertz CT molecular complexity index is 463. The van der Waals surface area contributed by atoms with Crippen molar-refractivity contribution in [3.63, 3.8) is 0 Å². The first-order valence-corrected chi connectivity index (χ1v) is 6.46. The Morgan fingerprint density at radius 3 is 2.88 bits per heavy atom. The normalized spacial score (nSPS) is 12.3. The molecule has 4 nitrogen and oxygen atoms in total. The monoisotopic (exact) mass is 291 g/mol. The highest BCUT2D eigenvalue weighted by Crippen LogP contribution is 2.29. The van der Waals surface area contributed by atoms with Crippen molar-refractivity contribution in [2.24, 2.45) is 15.9 Å². The molecule has 0 heterocycles. The number of thioether (sulfide) groups is 1. The van der Waals surface area contributed by atoms with Crippen molar-refractivity contribution in [2.45, 2.75) is 6.92 Å². The van der Waals surface area contributed by atoms with Gasteiger partial charge in [0.05, 0.1) is 11.2 Å². The molecule has 1 aromatic carbocycles. The average Bonchev–Trinajstić information content (AvgIpc) is 2.25. The van der Waals surface area contributed by atoms with Crippen molar-refractivity contribution in [3.05, 3.63) is 27.7 Å². The first-order valence-electron chi connectivity index (χ1n) is 4.72. The van der Waals surface area contributed by atoms with Crippen molar-refractivity contribution in [2.75, 3.05) is 5.75 Å². The van der Waals surface area contributed by atoms with Crippen molar-refractivity contribution < 1.29 is 5.11 Å². The second-order valence-electron chi connectivity index (χ2n) is 2.94. The summed E-state index contributed by atoms with van der Waals surface area (Å²) < 4.78 is 0. The molecule has 0 radical (unpaired) electrons. The van der Waals surface area contributed by atoms with Gasteiger partial charge in [-0.3, -0.25) is 0 Å². The summed E-state index contributed by atoms with van der Waals surface area (Å²) in [5, 5.41) is 18.0. The van der Waals surface area contributed by atoms with Gasteiger partial charge in [0.25, 0.3) is 0 Å². The van der Waals surface area contributed by atoms with Crippen LogP contribution >= 0.6 is 35.0 Å². The van der Waals surface area contributed by atoms with E-state index in [2.05, 4.69) is 10.2 Å². The topological polar surface area (TPSA) is 71.0 Å². The molecule has 0 unspecified atom stereocenters. The molecule has 0 aliphatic carbocycles. The molecule has 3 N–H and O–H groups in total. The molecule has 7 heteroatoms. The van der Waals surface area contributed by atoms with Crippen LogP contribution < -0.4 is 5.73 Å². The van der Waals surface area contributed by atoms with Crippen LogP contribution in [0.15, 0.2) is 22.3 Å². The molecular formula is C10H11Cl2N3OS. The number of phenols is 1. The van der Waals surface area contributed by atoms with Gasteiger partial charge in [0.15, 0.2) is 5.17 Å². The lowest BCUT2D eigenvalue weighted by Crippen LogP contribution is -2.05. The lowest BCUT2D eigenvalue weighted by molar-refractivity contribution is 0.474. The molecule has 0 saturated carbocycles. The molecule has 1 rings (SSSR count). The maximum Gasteiger partial charge on any atom is 0.180 e. The third-order valence-electron chi connectivity index (χ3n) is 1.70. The zero-order valence-corrected chi connectivity index (χ0v) is 11.4. The smallest absolute Gasteiger partial charge is 0.180 e. The number of amidine groups is 1. The van der Waals surface area contributed by atoms with Gasteiger partial charge >= 0.3 is 0 Å². The highest BCUT2D eigenvalue weighted by Gasteiger charge is 2.05. The Hall–Kier alpha value is -0.910. The number of nitrogens with two attached hydrogens (primary N) is 1. The van der Waals surface area contributed by atoms with E-state index >= 15 is 0 Å². The Balaban J connectivity index is 2.88. The molecule has 0 aliphatic rings. The summed E-state index contributed by atoms with van der Waals surface area (Å²) in [6.45, 7) is 1.96. The lowest BCUT2D eigenvalue weighted by Gasteiger charge is -2.01. The van der Waals surface area contributed by atoms with Gasteiger partial charge < -0.3 is 10.8 Å². The minimum absolute atomic E-state index is 0.0864. The predicted molar refractivity (Wildman–Crippen MR) is 75.5 cm³/mol. The summed E-state index contributed by atoms with van der Waals surface area (Å²) in [5.41, 5.74) is 5.92. The van der Waals surface area contributed by atoms with Gasteiger partial charge in [-0.1, -0.05) is 41.9 Å². The first kappa shape index (κ1) is 14.2. The summed E-state index contributed by atoms with van der Waals surface area (Å²) in [5.74, 6) is 0.732. The van der Waals surface area contributed by atoms with Crippen molar-refractivity contribution in [1.29, 1.82) is 0 Å². The molecule has 1 aromatic rings. The molecule has 0 fully saturated rings. The largest absolute Gasteiger partial charge is 0.506 e. The fourth-order valence-electron chi connectivity index (χ4n) is 1.01. The number of hydrogen-bond acceptors (Lipinski definition) is 4. The molecule has 0 atom stereocenters. The van der Waals surface area contributed by atoms with Gasteiger partial charge in [-0.05, 0) is 17.9 Å². The predicted octanol–water partition coefficient (Wildman–Crippen LogP) is 3.10. The van der Waals surface area contributed by atoms with Crippen LogP contribution in [0.4, 0.5) is 0 Å². The van der Waals surface area contributed by atoms with E-state index in [0.29, 0.717) is 15.8 Å². The molecule has 0 spiro atoms. The summed E-state index contributed by atoms with van der Waals surface area (Å²) in [4.78, 5) is 0. The van der Waals surface area contributed by atoms with Gasteiger partial charge in [0.2, 0.25) is 0 Å². The van der Waals surface area contributed by atoms with Crippen LogP contribution in [0, 0.1) is 0 Å². The highest BCUT2D eigenvalue weighted by atomic mass is 35.5. The summed E-state index contributed by atoms with van der Waals surface area (Å²) in [7, 11) is 0. The number of phenolic OH excluding ortho intramolecular Hbond substituents is 1. The zero-order chi connectivity index (χ0) is 12.8. The minimum Gasteiger partial charge on any atom is -0.506 e. The van der Waals surface area contributed by atoms with E-state index in [1.54, 1.807) is 0 Å². The average molecular weight is 292 g/mol. The molecule has 17 heavy (non-hydrogen) atoms. The van der Waals surface area contributed by atoms with Crippen LogP contribution in [-0.4, -0.2) is 22.2 Å². The van der Waals surface area contributed by atoms with E-state index in [1.807, 2.05) is 6.92 Å². The van der Waals surface area contributed by atoms with Gasteiger partial charge in [0.1, 0.15) is 5.75 Å². The van der Waals surface area contributed by atoms with E-state index in [9.17, 15) is 5.11 Å². The SMILES string of the molecule is CCSC(N)=N/N=C\c1cc(Cl)cc(Cl)c1O. The fourth-order valence-corrected chi connectivity index (χ4v) is 1.92. The minimum atomic E-state index is -0.0864. The standard InChI is InChI=1S/C10H11Cl2N3OS/c1-2-17-10(13)15-14-5-6-3-7(11)4-8(12)9(6)16/h3-5,16H,2H2,1H3,(H2,13,15)/b14-5-. The summed E-state index contributed by atoms with van der Waals surface area (Å²) >= 11 is 12.9. The Kier molecular flexibility index (Phi) is 5.61. The van der Waals surface area contributed by atoms with Crippen LogP contribution in [0.1, 0.15) is 12.5 Å². The van der Waals surface area contributed by atoms with E-state index in [0.717, 1.165) is 5.75 Å². The van der Waals surface area contributed by atoms with E-state index in [1.165, 1.54) is 30.1 Å². The second-order valence-corrected chi connectivity index (χ2v) is 5.07. The highest BCUT2D eigenvalue weighted by molar-refractivity contribution is 8.13. The first-order chi connectivity index (χ1) is 8.04. The number of hydrogen-bond donors (Lipinski definition) is 2. The third kappa shape index (κ3) is 4.46. The van der Waals surface area contributed by atoms with Crippen LogP contribution in [0.5, 0.6) is 5.75 Å². The van der Waals surface area contributed by atoms with Crippen molar-refractivity contribution in [1.82, 2.24) is 0 Å². The van der Waals surface area contributed by atoms with Crippen LogP contribution in [0.2, 0.25) is 10.0 Å². The molecule has 0 amide bonds. The summed E-state index contributed by atoms with van der Waals surface area (Å²) in [6, 6.07) is 2.98. The molecular weight excluding hydrogens is 281 g/mol. The summed E-state index contributed by atoms with van der Waals surface area (Å²) in [6.07, 6.45) is 1.34. The molecule has 0 aromatic heterocycles. The lowest BCUT2D eigenvalue weighted by atomic mass is 10.2. The van der Waals surface area contributed by atoms with Crippen LogP contribution in [0.3, 0.4) is 0 Å². The number of aromatic hydroxyl groups is 1.